The first-order valence-electron chi connectivity index (χ1n) is 5.90. The van der Waals surface area contributed by atoms with Crippen LogP contribution in [0.2, 0.25) is 0 Å². The molecule has 1 aliphatic heterocycles. The van der Waals surface area contributed by atoms with Gasteiger partial charge in [0.2, 0.25) is 0 Å². The molecule has 1 heterocycles. The Morgan fingerprint density at radius 3 is 2.50 bits per heavy atom. The lowest BCUT2D eigenvalue weighted by Crippen LogP contribution is -2.42. The van der Waals surface area contributed by atoms with E-state index in [1.807, 2.05) is 6.92 Å². The molecule has 3 N–H and O–H groups in total. The van der Waals surface area contributed by atoms with Crippen LogP contribution in [0.15, 0.2) is 24.3 Å². The number of carbonyl (C=O) groups is 2. The molecule has 1 aromatic rings. The van der Waals surface area contributed by atoms with Crippen molar-refractivity contribution < 1.29 is 14.7 Å². The molecule has 1 aliphatic rings. The minimum absolute atomic E-state index is 0.0137. The second kappa shape index (κ2) is 4.68. The lowest BCUT2D eigenvalue weighted by molar-refractivity contribution is -0.142. The first kappa shape index (κ1) is 12.4. The predicted molar refractivity (Wildman–Crippen MR) is 67.1 cm³/mol. The van der Waals surface area contributed by atoms with E-state index in [2.05, 4.69) is 0 Å². The molecule has 2 rings (SSSR count). The highest BCUT2D eigenvalue weighted by molar-refractivity contribution is 5.97. The van der Waals surface area contributed by atoms with Crippen molar-refractivity contribution in [2.75, 3.05) is 12.3 Å². The molecule has 0 aliphatic carbocycles. The fourth-order valence-electron chi connectivity index (χ4n) is 2.34. The third-order valence-electron chi connectivity index (χ3n) is 3.37. The van der Waals surface area contributed by atoms with Crippen LogP contribution in [-0.2, 0) is 4.79 Å². The van der Waals surface area contributed by atoms with Crippen LogP contribution in [0.25, 0.3) is 0 Å². The van der Waals surface area contributed by atoms with Gasteiger partial charge in [0.05, 0.1) is 0 Å². The average Bonchev–Trinajstić information content (AvgIpc) is 2.71. The van der Waals surface area contributed by atoms with E-state index in [1.54, 1.807) is 24.3 Å². The Balaban J connectivity index is 2.23. The van der Waals surface area contributed by atoms with Crippen LogP contribution < -0.4 is 5.73 Å². The SMILES string of the molecule is CC1CCN(C(=O)c2ccc(N)cc2)C1C(=O)O. The van der Waals surface area contributed by atoms with Crippen LogP contribution in [0, 0.1) is 5.92 Å². The molecule has 1 saturated heterocycles. The van der Waals surface area contributed by atoms with Crippen molar-refractivity contribution in [1.82, 2.24) is 4.90 Å². The van der Waals surface area contributed by atoms with E-state index in [0.29, 0.717) is 17.8 Å². The number of benzene rings is 1. The first-order valence-corrected chi connectivity index (χ1v) is 5.90. The Labute approximate surface area is 105 Å². The summed E-state index contributed by atoms with van der Waals surface area (Å²) in [6.45, 7) is 2.34. The standard InChI is InChI=1S/C13H16N2O3/c1-8-6-7-15(11(8)13(17)18)12(16)9-2-4-10(14)5-3-9/h2-5,8,11H,6-7,14H2,1H3,(H,17,18). The molecule has 1 aromatic carbocycles. The van der Waals surface area contributed by atoms with Gasteiger partial charge in [-0.15, -0.1) is 0 Å². The van der Waals surface area contributed by atoms with Gasteiger partial charge in [0.15, 0.2) is 0 Å². The van der Waals surface area contributed by atoms with Crippen molar-refractivity contribution in [2.45, 2.75) is 19.4 Å². The summed E-state index contributed by atoms with van der Waals surface area (Å²) in [5, 5.41) is 9.18. The molecule has 0 spiro atoms. The Bertz CT molecular complexity index is 470. The summed E-state index contributed by atoms with van der Waals surface area (Å²) in [5.74, 6) is -1.20. The van der Waals surface area contributed by atoms with E-state index >= 15 is 0 Å². The molecule has 5 heteroatoms. The number of amides is 1. The van der Waals surface area contributed by atoms with Crippen LogP contribution in [-0.4, -0.2) is 34.5 Å². The minimum atomic E-state index is -0.941. The van der Waals surface area contributed by atoms with Gasteiger partial charge >= 0.3 is 5.97 Å². The molecule has 1 amide bonds. The molecule has 18 heavy (non-hydrogen) atoms. The largest absolute Gasteiger partial charge is 0.480 e. The lowest BCUT2D eigenvalue weighted by Gasteiger charge is -2.23. The molecule has 0 bridgehead atoms. The maximum atomic E-state index is 12.2. The number of aliphatic carboxylic acids is 1. The molecule has 2 atom stereocenters. The van der Waals surface area contributed by atoms with Gasteiger partial charge in [-0.2, -0.15) is 0 Å². The van der Waals surface area contributed by atoms with Crippen molar-refractivity contribution in [3.63, 3.8) is 0 Å². The molecular formula is C13H16N2O3. The Hall–Kier alpha value is -2.04. The van der Waals surface area contributed by atoms with E-state index < -0.39 is 12.0 Å². The second-order valence-electron chi connectivity index (χ2n) is 4.67. The number of likely N-dealkylation sites (tertiary alicyclic amines) is 1. The van der Waals surface area contributed by atoms with Gasteiger partial charge in [-0.25, -0.2) is 4.79 Å². The summed E-state index contributed by atoms with van der Waals surface area (Å²) in [5.41, 5.74) is 6.62. The van der Waals surface area contributed by atoms with Crippen molar-refractivity contribution in [3.05, 3.63) is 29.8 Å². The smallest absolute Gasteiger partial charge is 0.326 e. The zero-order chi connectivity index (χ0) is 13.3. The lowest BCUT2D eigenvalue weighted by atomic mass is 10.0. The number of hydrogen-bond acceptors (Lipinski definition) is 3. The topological polar surface area (TPSA) is 83.6 Å². The number of nitrogens with two attached hydrogens (primary N) is 1. The zero-order valence-electron chi connectivity index (χ0n) is 10.2. The predicted octanol–water partition coefficient (Wildman–Crippen LogP) is 1.20. The van der Waals surface area contributed by atoms with Crippen molar-refractivity contribution in [2.24, 2.45) is 5.92 Å². The molecule has 0 saturated carbocycles. The fourth-order valence-corrected chi connectivity index (χ4v) is 2.34. The van der Waals surface area contributed by atoms with Gasteiger partial charge in [0, 0.05) is 17.8 Å². The van der Waals surface area contributed by atoms with Gasteiger partial charge in [0.25, 0.3) is 5.91 Å². The number of rotatable bonds is 2. The average molecular weight is 248 g/mol. The monoisotopic (exact) mass is 248 g/mol. The number of hydrogen-bond donors (Lipinski definition) is 2. The Kier molecular flexibility index (Phi) is 3.23. The highest BCUT2D eigenvalue weighted by Crippen LogP contribution is 2.26. The zero-order valence-corrected chi connectivity index (χ0v) is 10.2. The molecule has 96 valence electrons. The Morgan fingerprint density at radius 2 is 1.94 bits per heavy atom. The third kappa shape index (κ3) is 2.16. The normalized spacial score (nSPS) is 23.1. The maximum absolute atomic E-state index is 12.2. The van der Waals surface area contributed by atoms with Gasteiger partial charge in [-0.05, 0) is 36.6 Å². The number of nitrogen functional groups attached to an aromatic ring is 1. The van der Waals surface area contributed by atoms with Gasteiger partial charge in [-0.1, -0.05) is 6.92 Å². The summed E-state index contributed by atoms with van der Waals surface area (Å²) in [6.07, 6.45) is 0.720. The number of nitrogens with zero attached hydrogens (tertiary/aromatic N) is 1. The molecule has 5 nitrogen and oxygen atoms in total. The third-order valence-corrected chi connectivity index (χ3v) is 3.37. The Morgan fingerprint density at radius 1 is 1.33 bits per heavy atom. The molecule has 1 fully saturated rings. The molecular weight excluding hydrogens is 232 g/mol. The highest BCUT2D eigenvalue weighted by Gasteiger charge is 2.39. The van der Waals surface area contributed by atoms with E-state index in [-0.39, 0.29) is 11.8 Å². The van der Waals surface area contributed by atoms with Crippen LogP contribution in [0.3, 0.4) is 0 Å². The summed E-state index contributed by atoms with van der Waals surface area (Å²) >= 11 is 0. The summed E-state index contributed by atoms with van der Waals surface area (Å²) < 4.78 is 0. The van der Waals surface area contributed by atoms with Gasteiger partial charge < -0.3 is 15.7 Å². The number of carboxylic acids is 1. The number of carbonyl (C=O) groups excluding carboxylic acids is 1. The second-order valence-corrected chi connectivity index (χ2v) is 4.67. The molecule has 0 aromatic heterocycles. The first-order chi connectivity index (χ1) is 8.50. The van der Waals surface area contributed by atoms with Crippen LogP contribution in [0.1, 0.15) is 23.7 Å². The minimum Gasteiger partial charge on any atom is -0.480 e. The van der Waals surface area contributed by atoms with Crippen molar-refractivity contribution in [3.8, 4) is 0 Å². The highest BCUT2D eigenvalue weighted by atomic mass is 16.4. The van der Waals surface area contributed by atoms with E-state index in [4.69, 9.17) is 5.73 Å². The summed E-state index contributed by atoms with van der Waals surface area (Å²) in [6, 6.07) is 5.81. The van der Waals surface area contributed by atoms with Crippen molar-refractivity contribution >= 4 is 17.6 Å². The van der Waals surface area contributed by atoms with Crippen molar-refractivity contribution in [1.29, 1.82) is 0 Å². The van der Waals surface area contributed by atoms with Gasteiger partial charge in [0.1, 0.15) is 6.04 Å². The van der Waals surface area contributed by atoms with Crippen LogP contribution >= 0.6 is 0 Å². The summed E-state index contributed by atoms with van der Waals surface area (Å²) in [7, 11) is 0. The van der Waals surface area contributed by atoms with Gasteiger partial charge in [-0.3, -0.25) is 4.79 Å². The van der Waals surface area contributed by atoms with E-state index in [0.717, 1.165) is 6.42 Å². The quantitative estimate of drug-likeness (QED) is 0.770. The van der Waals surface area contributed by atoms with Crippen LogP contribution in [0.4, 0.5) is 5.69 Å². The number of anilines is 1. The van der Waals surface area contributed by atoms with E-state index in [9.17, 15) is 14.7 Å². The molecule has 2 unspecified atom stereocenters. The number of carboxylic acid groups (broad SMARTS) is 1. The maximum Gasteiger partial charge on any atom is 0.326 e. The fraction of sp³-hybridized carbons (Fsp3) is 0.385. The molecule has 0 radical (unpaired) electrons. The summed E-state index contributed by atoms with van der Waals surface area (Å²) in [4.78, 5) is 24.9. The van der Waals surface area contributed by atoms with Crippen LogP contribution in [0.5, 0.6) is 0 Å². The van der Waals surface area contributed by atoms with E-state index in [1.165, 1.54) is 4.90 Å².